The first-order chi connectivity index (χ1) is 7.22. The van der Waals surface area contributed by atoms with E-state index in [1.54, 1.807) is 28.8 Å². The molecule has 0 fully saturated rings. The lowest BCUT2D eigenvalue weighted by molar-refractivity contribution is 0.854. The molecule has 0 saturated carbocycles. The number of fused-ring (bicyclic) bond motifs is 1. The van der Waals surface area contributed by atoms with Gasteiger partial charge in [0.05, 0.1) is 12.1 Å². The van der Waals surface area contributed by atoms with E-state index in [1.807, 2.05) is 0 Å². The SMILES string of the molecule is N=CCn1c(=O)ccc2cc(Cl)ccc21. The third-order valence-corrected chi connectivity index (χ3v) is 2.46. The summed E-state index contributed by atoms with van der Waals surface area (Å²) in [5, 5.41) is 8.59. The monoisotopic (exact) mass is 220 g/mol. The standard InChI is InChI=1S/C11H9ClN2O/c12-9-2-3-10-8(7-9)1-4-11(15)14(10)6-5-13/h1-5,7,13H,6H2. The van der Waals surface area contributed by atoms with Gasteiger partial charge in [0.1, 0.15) is 0 Å². The van der Waals surface area contributed by atoms with Crippen LogP contribution in [0.5, 0.6) is 0 Å². The summed E-state index contributed by atoms with van der Waals surface area (Å²) in [4.78, 5) is 11.5. The second-order valence-corrected chi connectivity index (χ2v) is 3.63. The maximum atomic E-state index is 11.5. The van der Waals surface area contributed by atoms with E-state index < -0.39 is 0 Å². The predicted molar refractivity (Wildman–Crippen MR) is 62.0 cm³/mol. The minimum absolute atomic E-state index is 0.103. The summed E-state index contributed by atoms with van der Waals surface area (Å²) in [6.45, 7) is 0.289. The van der Waals surface area contributed by atoms with E-state index in [1.165, 1.54) is 12.3 Å². The minimum atomic E-state index is -0.103. The molecule has 76 valence electrons. The van der Waals surface area contributed by atoms with Crippen LogP contribution in [0.1, 0.15) is 0 Å². The quantitative estimate of drug-likeness (QED) is 0.776. The van der Waals surface area contributed by atoms with E-state index in [9.17, 15) is 4.79 Å². The summed E-state index contributed by atoms with van der Waals surface area (Å²) in [6.07, 6.45) is 1.20. The number of rotatable bonds is 2. The first kappa shape index (κ1) is 9.93. The minimum Gasteiger partial charge on any atom is -0.311 e. The summed E-state index contributed by atoms with van der Waals surface area (Å²) >= 11 is 5.86. The number of nitrogens with one attached hydrogen (secondary N) is 1. The van der Waals surface area contributed by atoms with Gasteiger partial charge in [0, 0.05) is 17.3 Å². The van der Waals surface area contributed by atoms with E-state index in [0.717, 1.165) is 10.9 Å². The molecule has 0 bridgehead atoms. The molecular formula is C11H9ClN2O. The third kappa shape index (κ3) is 1.78. The molecule has 0 aliphatic rings. The molecule has 1 heterocycles. The fourth-order valence-corrected chi connectivity index (χ4v) is 1.73. The second kappa shape index (κ2) is 3.87. The highest BCUT2D eigenvalue weighted by atomic mass is 35.5. The Hall–Kier alpha value is -1.61. The molecule has 0 radical (unpaired) electrons. The van der Waals surface area contributed by atoms with Gasteiger partial charge in [-0.1, -0.05) is 11.6 Å². The molecular weight excluding hydrogens is 212 g/mol. The van der Waals surface area contributed by atoms with Gasteiger partial charge in [0.15, 0.2) is 0 Å². The number of aromatic nitrogens is 1. The van der Waals surface area contributed by atoms with Gasteiger partial charge in [-0.05, 0) is 29.7 Å². The lowest BCUT2D eigenvalue weighted by Crippen LogP contribution is -2.19. The Morgan fingerprint density at radius 3 is 2.87 bits per heavy atom. The average molecular weight is 221 g/mol. The second-order valence-electron chi connectivity index (χ2n) is 3.19. The Kier molecular flexibility index (Phi) is 2.56. The van der Waals surface area contributed by atoms with Gasteiger partial charge in [-0.25, -0.2) is 0 Å². The molecule has 4 heteroatoms. The van der Waals surface area contributed by atoms with Crippen molar-refractivity contribution in [3.63, 3.8) is 0 Å². The predicted octanol–water partition coefficient (Wildman–Crippen LogP) is 2.30. The van der Waals surface area contributed by atoms with Crippen LogP contribution in [-0.2, 0) is 6.54 Å². The van der Waals surface area contributed by atoms with E-state index in [-0.39, 0.29) is 12.1 Å². The summed E-state index contributed by atoms with van der Waals surface area (Å²) in [5.41, 5.74) is 0.698. The molecule has 0 atom stereocenters. The fraction of sp³-hybridized carbons (Fsp3) is 0.0909. The molecule has 15 heavy (non-hydrogen) atoms. The zero-order valence-corrected chi connectivity index (χ0v) is 8.66. The summed E-state index contributed by atoms with van der Waals surface area (Å²) in [6, 6.07) is 8.56. The zero-order valence-electron chi connectivity index (χ0n) is 7.90. The molecule has 3 nitrogen and oxygen atoms in total. The fourth-order valence-electron chi connectivity index (χ4n) is 1.55. The normalized spacial score (nSPS) is 10.5. The van der Waals surface area contributed by atoms with E-state index in [2.05, 4.69) is 0 Å². The van der Waals surface area contributed by atoms with Crippen molar-refractivity contribution in [2.24, 2.45) is 0 Å². The number of pyridine rings is 1. The number of hydrogen-bond acceptors (Lipinski definition) is 2. The maximum Gasteiger partial charge on any atom is 0.251 e. The lowest BCUT2D eigenvalue weighted by atomic mass is 10.2. The molecule has 1 aromatic carbocycles. The van der Waals surface area contributed by atoms with Crippen LogP contribution in [0, 0.1) is 5.41 Å². The molecule has 0 aliphatic heterocycles. The van der Waals surface area contributed by atoms with Crippen LogP contribution in [0.3, 0.4) is 0 Å². The Morgan fingerprint density at radius 2 is 2.13 bits per heavy atom. The third-order valence-electron chi connectivity index (χ3n) is 2.23. The highest BCUT2D eigenvalue weighted by Crippen LogP contribution is 2.17. The van der Waals surface area contributed by atoms with Crippen molar-refractivity contribution in [3.05, 3.63) is 45.7 Å². The average Bonchev–Trinajstić information content (AvgIpc) is 2.22. The van der Waals surface area contributed by atoms with Crippen molar-refractivity contribution in [1.82, 2.24) is 4.57 Å². The van der Waals surface area contributed by atoms with Gasteiger partial charge < -0.3 is 9.98 Å². The van der Waals surface area contributed by atoms with Crippen molar-refractivity contribution >= 4 is 28.7 Å². The highest BCUT2D eigenvalue weighted by Gasteiger charge is 2.01. The van der Waals surface area contributed by atoms with Crippen LogP contribution < -0.4 is 5.56 Å². The molecule has 0 aliphatic carbocycles. The molecule has 1 aromatic heterocycles. The number of hydrogen-bond donors (Lipinski definition) is 1. The van der Waals surface area contributed by atoms with Crippen LogP contribution in [0.15, 0.2) is 35.1 Å². The van der Waals surface area contributed by atoms with Crippen LogP contribution in [0.25, 0.3) is 10.9 Å². The Labute approximate surface area is 91.4 Å². The molecule has 2 rings (SSSR count). The van der Waals surface area contributed by atoms with E-state index in [4.69, 9.17) is 17.0 Å². The molecule has 0 unspecified atom stereocenters. The van der Waals surface area contributed by atoms with Crippen LogP contribution >= 0.6 is 11.6 Å². The molecule has 0 amide bonds. The largest absolute Gasteiger partial charge is 0.311 e. The van der Waals surface area contributed by atoms with Crippen LogP contribution in [0.2, 0.25) is 5.02 Å². The van der Waals surface area contributed by atoms with Gasteiger partial charge in [-0.2, -0.15) is 0 Å². The Morgan fingerprint density at radius 1 is 1.33 bits per heavy atom. The van der Waals surface area contributed by atoms with Gasteiger partial charge in [0.25, 0.3) is 5.56 Å². The first-order valence-electron chi connectivity index (χ1n) is 4.50. The molecule has 1 N–H and O–H groups in total. The molecule has 2 aromatic rings. The first-order valence-corrected chi connectivity index (χ1v) is 4.88. The lowest BCUT2D eigenvalue weighted by Gasteiger charge is -2.06. The number of nitrogens with zero attached hydrogens (tertiary/aromatic N) is 1. The van der Waals surface area contributed by atoms with Crippen molar-refractivity contribution in [2.75, 3.05) is 0 Å². The maximum absolute atomic E-state index is 11.5. The molecule has 0 spiro atoms. The van der Waals surface area contributed by atoms with Crippen LogP contribution in [0.4, 0.5) is 0 Å². The zero-order chi connectivity index (χ0) is 10.8. The summed E-state index contributed by atoms with van der Waals surface area (Å²) in [7, 11) is 0. The van der Waals surface area contributed by atoms with Crippen molar-refractivity contribution < 1.29 is 0 Å². The van der Waals surface area contributed by atoms with E-state index in [0.29, 0.717) is 5.02 Å². The van der Waals surface area contributed by atoms with Gasteiger partial charge in [-0.15, -0.1) is 0 Å². The van der Waals surface area contributed by atoms with E-state index >= 15 is 0 Å². The summed E-state index contributed by atoms with van der Waals surface area (Å²) in [5.74, 6) is 0. The smallest absolute Gasteiger partial charge is 0.251 e. The van der Waals surface area contributed by atoms with Gasteiger partial charge in [-0.3, -0.25) is 4.79 Å². The Balaban J connectivity index is 2.81. The van der Waals surface area contributed by atoms with Crippen molar-refractivity contribution in [1.29, 1.82) is 5.41 Å². The number of benzene rings is 1. The topological polar surface area (TPSA) is 45.9 Å². The molecule has 0 saturated heterocycles. The Bertz CT molecular complexity index is 574. The van der Waals surface area contributed by atoms with Gasteiger partial charge >= 0.3 is 0 Å². The summed E-state index contributed by atoms with van der Waals surface area (Å²) < 4.78 is 1.54. The van der Waals surface area contributed by atoms with Crippen LogP contribution in [-0.4, -0.2) is 10.8 Å². The number of halogens is 1. The van der Waals surface area contributed by atoms with Crippen molar-refractivity contribution in [2.45, 2.75) is 6.54 Å². The van der Waals surface area contributed by atoms with Crippen molar-refractivity contribution in [3.8, 4) is 0 Å². The highest BCUT2D eigenvalue weighted by molar-refractivity contribution is 6.31. The van der Waals surface area contributed by atoms with Gasteiger partial charge in [0.2, 0.25) is 0 Å².